The van der Waals surface area contributed by atoms with Crippen LogP contribution in [0.5, 0.6) is 5.75 Å². The van der Waals surface area contributed by atoms with Crippen molar-refractivity contribution in [1.82, 2.24) is 0 Å². The van der Waals surface area contributed by atoms with Crippen LogP contribution in [-0.2, 0) is 0 Å². The summed E-state index contributed by atoms with van der Waals surface area (Å²) in [4.78, 5) is 0. The number of hydrogen-bond donors (Lipinski definition) is 1. The molecule has 1 rings (SSSR count). The first-order valence-corrected chi connectivity index (χ1v) is 6.09. The van der Waals surface area contributed by atoms with Gasteiger partial charge in [-0.15, -0.1) is 0 Å². The van der Waals surface area contributed by atoms with Gasteiger partial charge in [0.1, 0.15) is 11.6 Å². The fourth-order valence-electron chi connectivity index (χ4n) is 1.29. The topological polar surface area (TPSA) is 29.5 Å². The lowest BCUT2D eigenvalue weighted by atomic mass is 10.1. The first-order valence-electron chi connectivity index (χ1n) is 5.10. The molecule has 0 aliphatic heterocycles. The SMILES string of the molecule is C[C@H](O)c1cc(F)ccc1OCCSC(F)(F)F. The molecule has 0 heterocycles. The van der Waals surface area contributed by atoms with Crippen molar-refractivity contribution in [2.24, 2.45) is 0 Å². The van der Waals surface area contributed by atoms with Crippen LogP contribution in [0.2, 0.25) is 0 Å². The second kappa shape index (κ2) is 6.29. The monoisotopic (exact) mass is 284 g/mol. The highest BCUT2D eigenvalue weighted by atomic mass is 32.2. The largest absolute Gasteiger partial charge is 0.492 e. The van der Waals surface area contributed by atoms with E-state index in [2.05, 4.69) is 0 Å². The average molecular weight is 284 g/mol. The average Bonchev–Trinajstić information content (AvgIpc) is 2.24. The highest BCUT2D eigenvalue weighted by Crippen LogP contribution is 2.30. The van der Waals surface area contributed by atoms with Crippen LogP contribution in [0.1, 0.15) is 18.6 Å². The second-order valence-corrected chi connectivity index (χ2v) is 4.66. The van der Waals surface area contributed by atoms with E-state index in [4.69, 9.17) is 4.74 Å². The Kier molecular flexibility index (Phi) is 5.28. The maximum Gasteiger partial charge on any atom is 0.441 e. The molecule has 0 bridgehead atoms. The molecule has 0 amide bonds. The summed E-state index contributed by atoms with van der Waals surface area (Å²) in [7, 11) is 0. The molecule has 102 valence electrons. The summed E-state index contributed by atoms with van der Waals surface area (Å²) in [6.07, 6.45) is -0.953. The molecule has 0 aliphatic carbocycles. The number of alkyl halides is 3. The zero-order valence-electron chi connectivity index (χ0n) is 9.50. The minimum Gasteiger partial charge on any atom is -0.492 e. The van der Waals surface area contributed by atoms with E-state index in [1.807, 2.05) is 0 Å². The van der Waals surface area contributed by atoms with Crippen molar-refractivity contribution in [3.05, 3.63) is 29.6 Å². The fraction of sp³-hybridized carbons (Fsp3) is 0.455. The van der Waals surface area contributed by atoms with Gasteiger partial charge in [-0.3, -0.25) is 0 Å². The summed E-state index contributed by atoms with van der Waals surface area (Å²) < 4.78 is 53.6. The Morgan fingerprint density at radius 1 is 1.39 bits per heavy atom. The predicted octanol–water partition coefficient (Wildman–Crippen LogP) is 3.51. The van der Waals surface area contributed by atoms with E-state index in [0.717, 1.165) is 12.1 Å². The molecule has 0 saturated heterocycles. The van der Waals surface area contributed by atoms with Crippen LogP contribution in [0.25, 0.3) is 0 Å². The molecule has 7 heteroatoms. The molecule has 1 N–H and O–H groups in total. The third-order valence-corrected chi connectivity index (χ3v) is 2.73. The van der Waals surface area contributed by atoms with Gasteiger partial charge < -0.3 is 9.84 Å². The molecule has 1 atom stereocenters. The summed E-state index contributed by atoms with van der Waals surface area (Å²) in [5.74, 6) is -0.614. The first-order chi connectivity index (χ1) is 8.29. The number of aliphatic hydroxyl groups is 1. The van der Waals surface area contributed by atoms with E-state index < -0.39 is 17.4 Å². The lowest BCUT2D eigenvalue weighted by Gasteiger charge is -2.13. The first kappa shape index (κ1) is 15.1. The third kappa shape index (κ3) is 5.14. The Hall–Kier alpha value is -0.950. The summed E-state index contributed by atoms with van der Waals surface area (Å²) >= 11 is -0.191. The molecule has 0 unspecified atom stereocenters. The van der Waals surface area contributed by atoms with Crippen molar-refractivity contribution in [3.63, 3.8) is 0 Å². The van der Waals surface area contributed by atoms with Gasteiger partial charge in [0.25, 0.3) is 0 Å². The van der Waals surface area contributed by atoms with Crippen LogP contribution in [-0.4, -0.2) is 23.0 Å². The van der Waals surface area contributed by atoms with Gasteiger partial charge in [0.15, 0.2) is 0 Å². The van der Waals surface area contributed by atoms with Crippen molar-refractivity contribution >= 4 is 11.8 Å². The lowest BCUT2D eigenvalue weighted by molar-refractivity contribution is -0.0329. The molecule has 1 aromatic rings. The van der Waals surface area contributed by atoms with E-state index in [1.165, 1.54) is 13.0 Å². The van der Waals surface area contributed by atoms with E-state index >= 15 is 0 Å². The van der Waals surface area contributed by atoms with E-state index in [0.29, 0.717) is 0 Å². The maximum absolute atomic E-state index is 12.9. The number of halogens is 4. The Bertz CT molecular complexity index is 393. The van der Waals surface area contributed by atoms with Crippen molar-refractivity contribution in [3.8, 4) is 5.75 Å². The Balaban J connectivity index is 2.57. The molecule has 2 nitrogen and oxygen atoms in total. The number of hydrogen-bond acceptors (Lipinski definition) is 3. The Morgan fingerprint density at radius 3 is 2.61 bits per heavy atom. The number of thioether (sulfide) groups is 1. The molecule has 18 heavy (non-hydrogen) atoms. The van der Waals surface area contributed by atoms with E-state index in [9.17, 15) is 22.7 Å². The quantitative estimate of drug-likeness (QED) is 0.662. The van der Waals surface area contributed by atoms with Gasteiger partial charge >= 0.3 is 5.51 Å². The normalized spacial score (nSPS) is 13.4. The van der Waals surface area contributed by atoms with E-state index in [-0.39, 0.29) is 35.4 Å². The summed E-state index contributed by atoms with van der Waals surface area (Å²) in [5.41, 5.74) is -4.08. The van der Waals surface area contributed by atoms with Gasteiger partial charge in [0, 0.05) is 11.3 Å². The molecule has 1 aromatic carbocycles. The van der Waals surface area contributed by atoms with Crippen LogP contribution in [0.15, 0.2) is 18.2 Å². The summed E-state index contributed by atoms with van der Waals surface area (Å²) in [6, 6.07) is 3.50. The lowest BCUT2D eigenvalue weighted by Crippen LogP contribution is -2.09. The van der Waals surface area contributed by atoms with Crippen LogP contribution >= 0.6 is 11.8 Å². The zero-order valence-corrected chi connectivity index (χ0v) is 10.3. The minimum absolute atomic E-state index is 0.171. The Morgan fingerprint density at radius 2 is 2.06 bits per heavy atom. The molecular formula is C11H12F4O2S. The standard InChI is InChI=1S/C11H12F4O2S/c1-7(16)9-6-8(12)2-3-10(9)17-4-5-18-11(13,14)15/h2-3,6-7,16H,4-5H2,1H3/t7-/m0/s1. The molecular weight excluding hydrogens is 272 g/mol. The van der Waals surface area contributed by atoms with Crippen LogP contribution in [0, 0.1) is 5.82 Å². The van der Waals surface area contributed by atoms with Gasteiger partial charge in [-0.2, -0.15) is 13.2 Å². The van der Waals surface area contributed by atoms with E-state index in [1.54, 1.807) is 0 Å². The molecule has 0 spiro atoms. The van der Waals surface area contributed by atoms with Crippen molar-refractivity contribution in [2.45, 2.75) is 18.5 Å². The predicted molar refractivity (Wildman–Crippen MR) is 61.0 cm³/mol. The Labute approximate surface area is 106 Å². The second-order valence-electron chi connectivity index (χ2n) is 3.50. The zero-order chi connectivity index (χ0) is 13.8. The summed E-state index contributed by atoms with van der Waals surface area (Å²) in [6.45, 7) is 1.25. The number of benzene rings is 1. The maximum atomic E-state index is 12.9. The molecule has 0 aromatic heterocycles. The van der Waals surface area contributed by atoms with Crippen molar-refractivity contribution in [2.75, 3.05) is 12.4 Å². The third-order valence-electron chi connectivity index (χ3n) is 2.03. The van der Waals surface area contributed by atoms with Gasteiger partial charge in [-0.25, -0.2) is 4.39 Å². The molecule has 0 aliphatic rings. The van der Waals surface area contributed by atoms with Crippen molar-refractivity contribution < 1.29 is 27.4 Å². The van der Waals surface area contributed by atoms with Gasteiger partial charge in [-0.1, -0.05) is 0 Å². The number of ether oxygens (including phenoxy) is 1. The highest BCUT2D eigenvalue weighted by Gasteiger charge is 2.27. The van der Waals surface area contributed by atoms with Crippen LogP contribution in [0.3, 0.4) is 0 Å². The summed E-state index contributed by atoms with van der Waals surface area (Å²) in [5, 5.41) is 9.38. The van der Waals surface area contributed by atoms with Gasteiger partial charge in [0.2, 0.25) is 0 Å². The van der Waals surface area contributed by atoms with Gasteiger partial charge in [-0.05, 0) is 36.9 Å². The molecule has 0 radical (unpaired) electrons. The smallest absolute Gasteiger partial charge is 0.441 e. The van der Waals surface area contributed by atoms with Crippen LogP contribution < -0.4 is 4.74 Å². The fourth-order valence-corrected chi connectivity index (χ4v) is 1.68. The van der Waals surface area contributed by atoms with Crippen LogP contribution in [0.4, 0.5) is 17.6 Å². The number of aliphatic hydroxyl groups excluding tert-OH is 1. The number of rotatable bonds is 5. The molecule has 0 fully saturated rings. The van der Waals surface area contributed by atoms with Gasteiger partial charge in [0.05, 0.1) is 12.7 Å². The van der Waals surface area contributed by atoms with Crippen molar-refractivity contribution in [1.29, 1.82) is 0 Å². The highest BCUT2D eigenvalue weighted by molar-refractivity contribution is 8.00. The minimum atomic E-state index is -4.29. The molecule has 0 saturated carbocycles.